The fraction of sp³-hybridized carbons (Fsp3) is 0.0800. The number of carbonyl (C=O) groups is 1. The predicted octanol–water partition coefficient (Wildman–Crippen LogP) is 6.56. The molecule has 8 nitrogen and oxygen atoms in total. The lowest BCUT2D eigenvalue weighted by Gasteiger charge is -2.11. The molecule has 0 aliphatic rings. The number of aromatic nitrogens is 4. The van der Waals surface area contributed by atoms with Crippen LogP contribution in [0.25, 0.3) is 32.9 Å². The number of benzene rings is 2. The van der Waals surface area contributed by atoms with Gasteiger partial charge in [-0.2, -0.15) is 9.61 Å². The Morgan fingerprint density at radius 1 is 1.11 bits per heavy atom. The number of carbonyl (C=O) groups excluding carboxylic acids is 1. The first kappa shape index (κ1) is 25.1. The number of rotatable bonds is 5. The Hall–Kier alpha value is -3.57. The monoisotopic (exact) mass is 568 g/mol. The highest BCUT2D eigenvalue weighted by atomic mass is 35.5. The lowest BCUT2D eigenvalue weighted by molar-refractivity contribution is -0.115. The number of thiocarbonyl (C=S) groups is 1. The van der Waals surface area contributed by atoms with Crippen molar-refractivity contribution in [1.82, 2.24) is 25.1 Å². The van der Waals surface area contributed by atoms with E-state index >= 15 is 0 Å². The van der Waals surface area contributed by atoms with E-state index < -0.39 is 5.91 Å². The zero-order valence-electron chi connectivity index (χ0n) is 19.5. The maximum Gasteiger partial charge on any atom is 0.250 e. The summed E-state index contributed by atoms with van der Waals surface area (Å²) in [6.45, 7) is 3.80. The van der Waals surface area contributed by atoms with Crippen LogP contribution in [0.15, 0.2) is 59.0 Å². The summed E-state index contributed by atoms with van der Waals surface area (Å²) in [4.78, 5) is 13.1. The second-order valence-electron chi connectivity index (χ2n) is 7.98. The molecular formula is C25H18Cl2N6O2S2. The van der Waals surface area contributed by atoms with Gasteiger partial charge in [0.05, 0.1) is 5.02 Å². The van der Waals surface area contributed by atoms with Gasteiger partial charge >= 0.3 is 0 Å². The van der Waals surface area contributed by atoms with Crippen molar-refractivity contribution < 1.29 is 9.21 Å². The Morgan fingerprint density at radius 2 is 1.95 bits per heavy atom. The highest BCUT2D eigenvalue weighted by Gasteiger charge is 2.13. The third-order valence-corrected chi connectivity index (χ3v) is 7.03. The van der Waals surface area contributed by atoms with Crippen molar-refractivity contribution in [3.8, 4) is 21.9 Å². The summed E-state index contributed by atoms with van der Waals surface area (Å²) >= 11 is 19.0. The van der Waals surface area contributed by atoms with Crippen LogP contribution < -0.4 is 10.6 Å². The number of amides is 1. The molecule has 0 unspecified atom stereocenters. The maximum absolute atomic E-state index is 12.4. The van der Waals surface area contributed by atoms with Crippen LogP contribution in [-0.2, 0) is 4.79 Å². The van der Waals surface area contributed by atoms with Gasteiger partial charge in [0.2, 0.25) is 10.9 Å². The molecule has 0 radical (unpaired) electrons. The van der Waals surface area contributed by atoms with Crippen molar-refractivity contribution in [3.63, 3.8) is 0 Å². The molecule has 0 saturated heterocycles. The molecule has 12 heteroatoms. The molecule has 5 rings (SSSR count). The van der Waals surface area contributed by atoms with Crippen LogP contribution in [0.1, 0.15) is 17.1 Å². The van der Waals surface area contributed by atoms with Gasteiger partial charge in [0.1, 0.15) is 16.5 Å². The number of nitrogens with one attached hydrogen (secondary N) is 2. The average molecular weight is 569 g/mol. The Kier molecular flexibility index (Phi) is 7.07. The molecule has 1 amide bonds. The van der Waals surface area contributed by atoms with E-state index in [1.54, 1.807) is 40.9 Å². The highest BCUT2D eigenvalue weighted by Crippen LogP contribution is 2.32. The number of nitrogens with zero attached hydrogens (tertiary/aromatic N) is 4. The molecule has 0 aliphatic heterocycles. The fourth-order valence-electron chi connectivity index (χ4n) is 3.51. The molecular weight excluding hydrogens is 551 g/mol. The van der Waals surface area contributed by atoms with E-state index in [1.165, 1.54) is 17.4 Å². The molecule has 0 saturated carbocycles. The van der Waals surface area contributed by atoms with Crippen LogP contribution in [0, 0.1) is 13.8 Å². The smallest absolute Gasteiger partial charge is 0.250 e. The first-order valence-electron chi connectivity index (χ1n) is 10.9. The average Bonchev–Trinajstić information content (AvgIpc) is 3.57. The van der Waals surface area contributed by atoms with E-state index in [0.717, 1.165) is 32.6 Å². The Bertz CT molecular complexity index is 1690. The fourth-order valence-corrected chi connectivity index (χ4v) is 5.10. The van der Waals surface area contributed by atoms with Crippen LogP contribution >= 0.6 is 46.8 Å². The van der Waals surface area contributed by atoms with Gasteiger partial charge in [-0.15, -0.1) is 10.2 Å². The minimum Gasteiger partial charge on any atom is -0.457 e. The number of hydrogen-bond donors (Lipinski definition) is 2. The normalized spacial score (nSPS) is 11.4. The predicted molar refractivity (Wildman–Crippen MR) is 151 cm³/mol. The van der Waals surface area contributed by atoms with Gasteiger partial charge in [-0.1, -0.05) is 34.5 Å². The van der Waals surface area contributed by atoms with Crippen molar-refractivity contribution in [1.29, 1.82) is 0 Å². The molecule has 0 bridgehead atoms. The molecule has 0 fully saturated rings. The summed E-state index contributed by atoms with van der Waals surface area (Å²) in [6.07, 6.45) is 2.89. The van der Waals surface area contributed by atoms with E-state index in [9.17, 15) is 4.79 Å². The first-order chi connectivity index (χ1) is 17.8. The molecule has 0 spiro atoms. The number of aryl methyl sites for hydroxylation is 2. The maximum atomic E-state index is 12.4. The van der Waals surface area contributed by atoms with E-state index in [1.807, 2.05) is 32.0 Å². The van der Waals surface area contributed by atoms with Crippen molar-refractivity contribution in [2.45, 2.75) is 13.8 Å². The lowest BCUT2D eigenvalue weighted by Crippen LogP contribution is -2.33. The van der Waals surface area contributed by atoms with Crippen LogP contribution in [0.5, 0.6) is 0 Å². The standard InChI is InChI=1S/C25H18Cl2N6O2S2/c1-13-11-15(23-32-33-14(2)30-31-25(33)37-23)3-8-20(13)28-24(36)29-22(34)10-6-17-5-9-21(35-17)18-7-4-16(26)12-19(18)27/h3-12H,1-2H3,(H2,28,29,34,36). The van der Waals surface area contributed by atoms with Crippen molar-refractivity contribution in [2.75, 3.05) is 5.32 Å². The van der Waals surface area contributed by atoms with Gasteiger partial charge in [-0.05, 0) is 86.2 Å². The Balaban J connectivity index is 1.20. The summed E-state index contributed by atoms with van der Waals surface area (Å²) in [5, 5.41) is 20.4. The third kappa shape index (κ3) is 5.57. The molecule has 186 valence electrons. The van der Waals surface area contributed by atoms with Crippen molar-refractivity contribution >= 4 is 74.5 Å². The van der Waals surface area contributed by atoms with Gasteiger partial charge in [0.15, 0.2) is 10.9 Å². The summed E-state index contributed by atoms with van der Waals surface area (Å²) in [7, 11) is 0. The number of anilines is 1. The van der Waals surface area contributed by atoms with Gasteiger partial charge in [-0.3, -0.25) is 10.1 Å². The summed E-state index contributed by atoms with van der Waals surface area (Å²) in [5.74, 6) is 1.39. The third-order valence-electron chi connectivity index (χ3n) is 5.33. The minimum absolute atomic E-state index is 0.174. The van der Waals surface area contributed by atoms with Gasteiger partial charge in [0, 0.05) is 27.9 Å². The summed E-state index contributed by atoms with van der Waals surface area (Å²) in [5.41, 5.74) is 3.37. The van der Waals surface area contributed by atoms with Crippen LogP contribution in [0.2, 0.25) is 10.0 Å². The molecule has 37 heavy (non-hydrogen) atoms. The molecule has 3 aromatic heterocycles. The number of hydrogen-bond acceptors (Lipinski definition) is 7. The van der Waals surface area contributed by atoms with Gasteiger partial charge in [-0.25, -0.2) is 0 Å². The Morgan fingerprint density at radius 3 is 2.70 bits per heavy atom. The number of furan rings is 1. The first-order valence-corrected chi connectivity index (χ1v) is 12.9. The topological polar surface area (TPSA) is 97.4 Å². The second-order valence-corrected chi connectivity index (χ2v) is 10.2. The van der Waals surface area contributed by atoms with Crippen molar-refractivity contribution in [3.05, 3.63) is 81.8 Å². The molecule has 0 aliphatic carbocycles. The van der Waals surface area contributed by atoms with E-state index in [2.05, 4.69) is 25.9 Å². The largest absolute Gasteiger partial charge is 0.457 e. The van der Waals surface area contributed by atoms with Crippen molar-refractivity contribution in [2.24, 2.45) is 0 Å². The van der Waals surface area contributed by atoms with Crippen LogP contribution in [0.4, 0.5) is 5.69 Å². The Labute approximate surface area is 230 Å². The summed E-state index contributed by atoms with van der Waals surface area (Å²) < 4.78 is 7.49. The number of fused-ring (bicyclic) bond motifs is 1. The molecule has 5 aromatic rings. The number of halogens is 2. The molecule has 0 atom stereocenters. The van der Waals surface area contributed by atoms with E-state index in [4.69, 9.17) is 39.8 Å². The van der Waals surface area contributed by atoms with Crippen LogP contribution in [-0.4, -0.2) is 30.8 Å². The summed E-state index contributed by atoms with van der Waals surface area (Å²) in [6, 6.07) is 14.5. The zero-order valence-corrected chi connectivity index (χ0v) is 22.6. The highest BCUT2D eigenvalue weighted by molar-refractivity contribution is 7.80. The quantitative estimate of drug-likeness (QED) is 0.183. The van der Waals surface area contributed by atoms with Gasteiger partial charge < -0.3 is 9.73 Å². The molecule has 3 heterocycles. The zero-order chi connectivity index (χ0) is 26.1. The van der Waals surface area contributed by atoms with Gasteiger partial charge in [0.25, 0.3) is 0 Å². The second kappa shape index (κ2) is 10.4. The van der Waals surface area contributed by atoms with E-state index in [-0.39, 0.29) is 5.11 Å². The minimum atomic E-state index is -0.399. The lowest BCUT2D eigenvalue weighted by atomic mass is 10.1. The molecule has 2 aromatic carbocycles. The SMILES string of the molecule is Cc1cc(-c2nn3c(C)nnc3s2)ccc1NC(=S)NC(=O)C=Cc1ccc(-c2ccc(Cl)cc2Cl)o1. The van der Waals surface area contributed by atoms with E-state index in [0.29, 0.717) is 27.1 Å². The molecule has 2 N–H and O–H groups in total. The van der Waals surface area contributed by atoms with Crippen LogP contribution in [0.3, 0.4) is 0 Å².